The predicted octanol–water partition coefficient (Wildman–Crippen LogP) is 5.31. The SMILES string of the molecule is CC(Nc1cc(F)ccc1Cl)c1ccc(Cl)cc1. The van der Waals surface area contributed by atoms with Crippen molar-refractivity contribution in [2.24, 2.45) is 0 Å². The molecule has 0 saturated carbocycles. The van der Waals surface area contributed by atoms with Gasteiger partial charge in [0.1, 0.15) is 5.82 Å². The fourth-order valence-corrected chi connectivity index (χ4v) is 1.97. The number of nitrogens with one attached hydrogen (secondary N) is 1. The number of rotatable bonds is 3. The van der Waals surface area contributed by atoms with E-state index in [1.807, 2.05) is 31.2 Å². The van der Waals surface area contributed by atoms with Gasteiger partial charge in [0.2, 0.25) is 0 Å². The summed E-state index contributed by atoms with van der Waals surface area (Å²) in [5, 5.41) is 4.36. The van der Waals surface area contributed by atoms with Crippen LogP contribution in [0.15, 0.2) is 42.5 Å². The molecule has 2 rings (SSSR count). The predicted molar refractivity (Wildman–Crippen MR) is 74.9 cm³/mol. The quantitative estimate of drug-likeness (QED) is 0.805. The Morgan fingerprint density at radius 2 is 1.72 bits per heavy atom. The highest BCUT2D eigenvalue weighted by atomic mass is 35.5. The summed E-state index contributed by atoms with van der Waals surface area (Å²) in [6, 6.07) is 11.8. The minimum Gasteiger partial charge on any atom is -0.377 e. The lowest BCUT2D eigenvalue weighted by Gasteiger charge is -2.16. The van der Waals surface area contributed by atoms with Gasteiger partial charge in [0, 0.05) is 11.1 Å². The Balaban J connectivity index is 2.18. The molecule has 0 saturated heterocycles. The lowest BCUT2D eigenvalue weighted by molar-refractivity contribution is 0.628. The summed E-state index contributed by atoms with van der Waals surface area (Å²) in [5.41, 5.74) is 1.64. The molecule has 0 heterocycles. The summed E-state index contributed by atoms with van der Waals surface area (Å²) in [7, 11) is 0. The Hall–Kier alpha value is -1.25. The van der Waals surface area contributed by atoms with Gasteiger partial charge in [0.05, 0.1) is 10.7 Å². The van der Waals surface area contributed by atoms with Crippen molar-refractivity contribution in [3.63, 3.8) is 0 Å². The lowest BCUT2D eigenvalue weighted by atomic mass is 10.1. The van der Waals surface area contributed by atoms with E-state index in [1.54, 1.807) is 0 Å². The van der Waals surface area contributed by atoms with Crippen LogP contribution in [0.4, 0.5) is 10.1 Å². The summed E-state index contributed by atoms with van der Waals surface area (Å²) < 4.78 is 13.1. The first-order valence-electron chi connectivity index (χ1n) is 5.53. The molecule has 18 heavy (non-hydrogen) atoms. The first kappa shape index (κ1) is 13.2. The van der Waals surface area contributed by atoms with Crippen LogP contribution in [-0.4, -0.2) is 0 Å². The lowest BCUT2D eigenvalue weighted by Crippen LogP contribution is -2.07. The molecule has 1 unspecified atom stereocenters. The topological polar surface area (TPSA) is 12.0 Å². The highest BCUT2D eigenvalue weighted by Gasteiger charge is 2.08. The van der Waals surface area contributed by atoms with Gasteiger partial charge >= 0.3 is 0 Å². The molecule has 2 aromatic rings. The van der Waals surface area contributed by atoms with Gasteiger partial charge in [-0.05, 0) is 42.8 Å². The second-order valence-electron chi connectivity index (χ2n) is 4.04. The second-order valence-corrected chi connectivity index (χ2v) is 4.89. The first-order valence-corrected chi connectivity index (χ1v) is 6.29. The van der Waals surface area contributed by atoms with Crippen LogP contribution in [0, 0.1) is 5.82 Å². The van der Waals surface area contributed by atoms with Crippen molar-refractivity contribution in [1.82, 2.24) is 0 Å². The fraction of sp³-hybridized carbons (Fsp3) is 0.143. The third-order valence-corrected chi connectivity index (χ3v) is 3.25. The fourth-order valence-electron chi connectivity index (χ4n) is 1.68. The molecule has 0 aliphatic carbocycles. The number of hydrogen-bond donors (Lipinski definition) is 1. The molecule has 1 atom stereocenters. The van der Waals surface area contributed by atoms with Crippen molar-refractivity contribution in [2.45, 2.75) is 13.0 Å². The Morgan fingerprint density at radius 3 is 2.39 bits per heavy atom. The van der Waals surface area contributed by atoms with Gasteiger partial charge < -0.3 is 5.32 Å². The van der Waals surface area contributed by atoms with Crippen molar-refractivity contribution < 1.29 is 4.39 Å². The molecular weight excluding hydrogens is 272 g/mol. The maximum absolute atomic E-state index is 13.1. The van der Waals surface area contributed by atoms with E-state index in [2.05, 4.69) is 5.32 Å². The van der Waals surface area contributed by atoms with Crippen molar-refractivity contribution in [2.75, 3.05) is 5.32 Å². The van der Waals surface area contributed by atoms with Gasteiger partial charge in [0.15, 0.2) is 0 Å². The van der Waals surface area contributed by atoms with E-state index in [0.29, 0.717) is 15.7 Å². The zero-order valence-corrected chi connectivity index (χ0v) is 11.3. The Bertz CT molecular complexity index is 540. The molecular formula is C14H12Cl2FN. The zero-order valence-electron chi connectivity index (χ0n) is 9.75. The van der Waals surface area contributed by atoms with Gasteiger partial charge in [-0.1, -0.05) is 35.3 Å². The Kier molecular flexibility index (Phi) is 4.10. The normalized spacial score (nSPS) is 12.2. The smallest absolute Gasteiger partial charge is 0.125 e. The standard InChI is InChI=1S/C14H12Cl2FN/c1-9(10-2-4-11(15)5-3-10)18-14-8-12(17)6-7-13(14)16/h2-9,18H,1H3. The van der Waals surface area contributed by atoms with Gasteiger partial charge in [0.25, 0.3) is 0 Å². The number of halogens is 3. The van der Waals surface area contributed by atoms with E-state index in [1.165, 1.54) is 18.2 Å². The molecule has 0 aliphatic rings. The van der Waals surface area contributed by atoms with Crippen molar-refractivity contribution in [3.05, 3.63) is 63.9 Å². The third kappa shape index (κ3) is 3.15. The van der Waals surface area contributed by atoms with Crippen LogP contribution in [0.25, 0.3) is 0 Å². The molecule has 1 nitrogen and oxygen atoms in total. The molecule has 4 heteroatoms. The summed E-state index contributed by atoms with van der Waals surface area (Å²) >= 11 is 11.8. The molecule has 1 N–H and O–H groups in total. The van der Waals surface area contributed by atoms with Crippen LogP contribution < -0.4 is 5.32 Å². The van der Waals surface area contributed by atoms with E-state index in [-0.39, 0.29) is 11.9 Å². The largest absolute Gasteiger partial charge is 0.377 e. The van der Waals surface area contributed by atoms with Crippen LogP contribution in [0.5, 0.6) is 0 Å². The molecule has 0 fully saturated rings. The van der Waals surface area contributed by atoms with Gasteiger partial charge in [-0.2, -0.15) is 0 Å². The van der Waals surface area contributed by atoms with Crippen LogP contribution in [0.1, 0.15) is 18.5 Å². The average molecular weight is 284 g/mol. The van der Waals surface area contributed by atoms with E-state index in [0.717, 1.165) is 5.56 Å². The van der Waals surface area contributed by atoms with Crippen LogP contribution in [0.3, 0.4) is 0 Å². The minimum atomic E-state index is -0.315. The van der Waals surface area contributed by atoms with E-state index < -0.39 is 0 Å². The zero-order chi connectivity index (χ0) is 13.1. The summed E-state index contributed by atoms with van der Waals surface area (Å²) in [4.78, 5) is 0. The third-order valence-electron chi connectivity index (χ3n) is 2.67. The molecule has 0 bridgehead atoms. The second kappa shape index (κ2) is 5.59. The minimum absolute atomic E-state index is 0.0153. The van der Waals surface area contributed by atoms with Crippen LogP contribution >= 0.6 is 23.2 Å². The number of benzene rings is 2. The van der Waals surface area contributed by atoms with Crippen molar-refractivity contribution >= 4 is 28.9 Å². The van der Waals surface area contributed by atoms with Gasteiger partial charge in [-0.25, -0.2) is 4.39 Å². The van der Waals surface area contributed by atoms with E-state index >= 15 is 0 Å². The van der Waals surface area contributed by atoms with E-state index in [4.69, 9.17) is 23.2 Å². The maximum Gasteiger partial charge on any atom is 0.125 e. The first-order chi connectivity index (χ1) is 8.56. The number of hydrogen-bond acceptors (Lipinski definition) is 1. The average Bonchev–Trinajstić information content (AvgIpc) is 2.34. The monoisotopic (exact) mass is 283 g/mol. The molecule has 0 radical (unpaired) electrons. The van der Waals surface area contributed by atoms with Crippen LogP contribution in [0.2, 0.25) is 10.0 Å². The molecule has 0 spiro atoms. The highest BCUT2D eigenvalue weighted by molar-refractivity contribution is 6.33. The maximum atomic E-state index is 13.1. The van der Waals surface area contributed by atoms with Crippen molar-refractivity contribution in [1.29, 1.82) is 0 Å². The Labute approximate surface area is 116 Å². The highest BCUT2D eigenvalue weighted by Crippen LogP contribution is 2.27. The molecule has 2 aromatic carbocycles. The summed E-state index contributed by atoms with van der Waals surface area (Å²) in [5.74, 6) is -0.315. The molecule has 0 aromatic heterocycles. The van der Waals surface area contributed by atoms with Crippen LogP contribution in [-0.2, 0) is 0 Å². The Morgan fingerprint density at radius 1 is 1.06 bits per heavy atom. The molecule has 94 valence electrons. The summed E-state index contributed by atoms with van der Waals surface area (Å²) in [6.45, 7) is 1.98. The van der Waals surface area contributed by atoms with E-state index in [9.17, 15) is 4.39 Å². The number of anilines is 1. The van der Waals surface area contributed by atoms with Crippen molar-refractivity contribution in [3.8, 4) is 0 Å². The summed E-state index contributed by atoms with van der Waals surface area (Å²) in [6.07, 6.45) is 0. The molecule has 0 amide bonds. The van der Waals surface area contributed by atoms with Gasteiger partial charge in [-0.15, -0.1) is 0 Å². The van der Waals surface area contributed by atoms with Gasteiger partial charge in [-0.3, -0.25) is 0 Å². The molecule has 0 aliphatic heterocycles.